The smallest absolute Gasteiger partial charge is 0.236 e. The summed E-state index contributed by atoms with van der Waals surface area (Å²) in [5, 5.41) is 3.66. The monoisotopic (exact) mass is 173 g/mol. The van der Waals surface area contributed by atoms with Crippen LogP contribution in [0.3, 0.4) is 0 Å². The van der Waals surface area contributed by atoms with Gasteiger partial charge in [-0.1, -0.05) is 5.16 Å². The highest BCUT2D eigenvalue weighted by molar-refractivity contribution is 7.98. The van der Waals surface area contributed by atoms with Crippen LogP contribution in [0.15, 0.2) is 4.52 Å². The first kappa shape index (κ1) is 8.55. The van der Waals surface area contributed by atoms with Crippen LogP contribution in [0.4, 0.5) is 0 Å². The van der Waals surface area contributed by atoms with Gasteiger partial charge in [-0.2, -0.15) is 16.7 Å². The second kappa shape index (κ2) is 4.35. The quantitative estimate of drug-likeness (QED) is 0.674. The molecule has 1 heterocycles. The van der Waals surface area contributed by atoms with Crippen LogP contribution >= 0.6 is 11.8 Å². The fraction of sp³-hybridized carbons (Fsp3) is 0.667. The first-order chi connectivity index (χ1) is 5.33. The minimum Gasteiger partial charge on any atom is -0.338 e. The van der Waals surface area contributed by atoms with Crippen molar-refractivity contribution in [2.75, 3.05) is 12.3 Å². The molecule has 62 valence electrons. The average molecular weight is 173 g/mol. The maximum atomic E-state index is 5.31. The molecule has 4 nitrogen and oxygen atoms in total. The molecule has 0 saturated heterocycles. The number of nitrogens with two attached hydrogens (primary N) is 1. The zero-order valence-corrected chi connectivity index (χ0v) is 7.23. The van der Waals surface area contributed by atoms with Gasteiger partial charge < -0.3 is 10.3 Å². The molecule has 0 atom stereocenters. The molecular formula is C6H11N3OS. The van der Waals surface area contributed by atoms with Gasteiger partial charge in [-0.05, 0) is 6.92 Å². The summed E-state index contributed by atoms with van der Waals surface area (Å²) >= 11 is 1.70. The van der Waals surface area contributed by atoms with Crippen LogP contribution in [-0.2, 0) is 5.75 Å². The standard InChI is InChI=1S/C6H11N3OS/c1-5-8-6(10-9-5)4-11-3-2-7/h2-4,7H2,1H3. The van der Waals surface area contributed by atoms with E-state index in [1.165, 1.54) is 0 Å². The molecule has 0 aliphatic rings. The maximum Gasteiger partial charge on any atom is 0.236 e. The summed E-state index contributed by atoms with van der Waals surface area (Å²) in [6.45, 7) is 2.50. The van der Waals surface area contributed by atoms with E-state index in [0.717, 1.165) is 11.5 Å². The van der Waals surface area contributed by atoms with Crippen LogP contribution < -0.4 is 5.73 Å². The van der Waals surface area contributed by atoms with Gasteiger partial charge in [0, 0.05) is 12.3 Å². The van der Waals surface area contributed by atoms with E-state index in [0.29, 0.717) is 18.3 Å². The van der Waals surface area contributed by atoms with Gasteiger partial charge >= 0.3 is 0 Å². The second-order valence-corrected chi connectivity index (χ2v) is 3.18. The fourth-order valence-corrected chi connectivity index (χ4v) is 1.24. The Morgan fingerprint density at radius 1 is 1.64 bits per heavy atom. The van der Waals surface area contributed by atoms with Crippen LogP contribution in [-0.4, -0.2) is 22.4 Å². The third kappa shape index (κ3) is 2.90. The number of hydrogen-bond acceptors (Lipinski definition) is 5. The third-order valence-corrected chi connectivity index (χ3v) is 2.03. The molecule has 0 unspecified atom stereocenters. The van der Waals surface area contributed by atoms with Gasteiger partial charge in [-0.15, -0.1) is 0 Å². The second-order valence-electron chi connectivity index (χ2n) is 2.08. The lowest BCUT2D eigenvalue weighted by molar-refractivity contribution is 0.387. The molecule has 0 aliphatic carbocycles. The molecule has 0 bridgehead atoms. The summed E-state index contributed by atoms with van der Waals surface area (Å²) in [4.78, 5) is 4.04. The lowest BCUT2D eigenvalue weighted by Gasteiger charge is -1.91. The third-order valence-electron chi connectivity index (χ3n) is 1.06. The Balaban J connectivity index is 2.27. The molecule has 5 heteroatoms. The number of rotatable bonds is 4. The lowest BCUT2D eigenvalue weighted by atomic mass is 10.7. The predicted molar refractivity (Wildman–Crippen MR) is 44.3 cm³/mol. The van der Waals surface area contributed by atoms with Crippen molar-refractivity contribution in [3.8, 4) is 0 Å². The molecule has 2 N–H and O–H groups in total. The first-order valence-electron chi connectivity index (χ1n) is 3.40. The highest BCUT2D eigenvalue weighted by atomic mass is 32.2. The zero-order chi connectivity index (χ0) is 8.10. The number of aryl methyl sites for hydroxylation is 1. The Bertz CT molecular complexity index is 213. The molecule has 1 rings (SSSR count). The van der Waals surface area contributed by atoms with E-state index < -0.39 is 0 Å². The van der Waals surface area contributed by atoms with Crippen molar-refractivity contribution in [2.45, 2.75) is 12.7 Å². The van der Waals surface area contributed by atoms with E-state index in [9.17, 15) is 0 Å². The number of thioether (sulfide) groups is 1. The molecule has 0 spiro atoms. The van der Waals surface area contributed by atoms with Crippen molar-refractivity contribution >= 4 is 11.8 Å². The van der Waals surface area contributed by atoms with Gasteiger partial charge in [-0.25, -0.2) is 0 Å². The van der Waals surface area contributed by atoms with Gasteiger partial charge in [0.2, 0.25) is 5.89 Å². The maximum absolute atomic E-state index is 5.31. The largest absolute Gasteiger partial charge is 0.338 e. The topological polar surface area (TPSA) is 64.9 Å². The van der Waals surface area contributed by atoms with Crippen LogP contribution in [0.2, 0.25) is 0 Å². The number of aromatic nitrogens is 2. The van der Waals surface area contributed by atoms with Crippen LogP contribution in [0, 0.1) is 6.92 Å². The van der Waals surface area contributed by atoms with Crippen LogP contribution in [0.1, 0.15) is 11.7 Å². The van der Waals surface area contributed by atoms with Crippen molar-refractivity contribution in [2.24, 2.45) is 5.73 Å². The lowest BCUT2D eigenvalue weighted by Crippen LogP contribution is -2.01. The minimum absolute atomic E-state index is 0.681. The van der Waals surface area contributed by atoms with E-state index >= 15 is 0 Å². The van der Waals surface area contributed by atoms with Crippen molar-refractivity contribution in [1.29, 1.82) is 0 Å². The Kier molecular flexibility index (Phi) is 3.38. The van der Waals surface area contributed by atoms with E-state index in [1.54, 1.807) is 18.7 Å². The van der Waals surface area contributed by atoms with Crippen molar-refractivity contribution in [1.82, 2.24) is 10.1 Å². The Morgan fingerprint density at radius 2 is 2.45 bits per heavy atom. The number of nitrogens with zero attached hydrogens (tertiary/aromatic N) is 2. The highest BCUT2D eigenvalue weighted by Gasteiger charge is 2.00. The van der Waals surface area contributed by atoms with E-state index in [1.807, 2.05) is 0 Å². The van der Waals surface area contributed by atoms with E-state index in [-0.39, 0.29) is 0 Å². The molecule has 1 aromatic heterocycles. The summed E-state index contributed by atoms with van der Waals surface area (Å²) in [7, 11) is 0. The zero-order valence-electron chi connectivity index (χ0n) is 6.41. The van der Waals surface area contributed by atoms with Crippen LogP contribution in [0.25, 0.3) is 0 Å². The summed E-state index contributed by atoms with van der Waals surface area (Å²) < 4.78 is 4.89. The van der Waals surface area contributed by atoms with Crippen molar-refractivity contribution in [3.05, 3.63) is 11.7 Å². The molecule has 11 heavy (non-hydrogen) atoms. The summed E-state index contributed by atoms with van der Waals surface area (Å²) in [5.41, 5.74) is 5.31. The molecule has 0 saturated carbocycles. The molecule has 0 aliphatic heterocycles. The Labute approximate surface area is 69.5 Å². The van der Waals surface area contributed by atoms with Crippen molar-refractivity contribution in [3.63, 3.8) is 0 Å². The molecular weight excluding hydrogens is 162 g/mol. The summed E-state index contributed by atoms with van der Waals surface area (Å²) in [5.74, 6) is 3.06. The highest BCUT2D eigenvalue weighted by Crippen LogP contribution is 2.08. The Morgan fingerprint density at radius 3 is 3.00 bits per heavy atom. The Hall–Kier alpha value is -0.550. The average Bonchev–Trinajstić information content (AvgIpc) is 2.37. The van der Waals surface area contributed by atoms with E-state index in [2.05, 4.69) is 10.1 Å². The van der Waals surface area contributed by atoms with Crippen LogP contribution in [0.5, 0.6) is 0 Å². The molecule has 0 amide bonds. The molecule has 0 radical (unpaired) electrons. The van der Waals surface area contributed by atoms with Gasteiger partial charge in [0.25, 0.3) is 0 Å². The first-order valence-corrected chi connectivity index (χ1v) is 4.55. The summed E-state index contributed by atoms with van der Waals surface area (Å²) in [6, 6.07) is 0. The predicted octanol–water partition coefficient (Wildman–Crippen LogP) is 0.570. The van der Waals surface area contributed by atoms with Crippen molar-refractivity contribution < 1.29 is 4.52 Å². The normalized spacial score (nSPS) is 10.4. The van der Waals surface area contributed by atoms with Gasteiger partial charge in [0.1, 0.15) is 0 Å². The van der Waals surface area contributed by atoms with Gasteiger partial charge in [0.05, 0.1) is 5.75 Å². The van der Waals surface area contributed by atoms with E-state index in [4.69, 9.17) is 10.3 Å². The minimum atomic E-state index is 0.681. The summed E-state index contributed by atoms with van der Waals surface area (Å²) in [6.07, 6.45) is 0. The number of hydrogen-bond donors (Lipinski definition) is 1. The van der Waals surface area contributed by atoms with Gasteiger partial charge in [0.15, 0.2) is 5.82 Å². The molecule has 0 aromatic carbocycles. The van der Waals surface area contributed by atoms with Gasteiger partial charge in [-0.3, -0.25) is 0 Å². The SMILES string of the molecule is Cc1noc(CSCCN)n1. The fourth-order valence-electron chi connectivity index (χ4n) is 0.641. The molecule has 0 fully saturated rings. The molecule has 1 aromatic rings.